The van der Waals surface area contributed by atoms with Crippen LogP contribution in [0.3, 0.4) is 0 Å². The van der Waals surface area contributed by atoms with Gasteiger partial charge < -0.3 is 10.2 Å². The monoisotopic (exact) mass is 436 g/mol. The minimum Gasteiger partial charge on any atom is -0.355 e. The Hall–Kier alpha value is -2.67. The Morgan fingerprint density at radius 2 is 2.00 bits per heavy atom. The summed E-state index contributed by atoms with van der Waals surface area (Å²) in [6.45, 7) is 1.95. The van der Waals surface area contributed by atoms with Crippen LogP contribution in [0.15, 0.2) is 65.7 Å². The fraction of sp³-hybridized carbons (Fsp3) is 0.217. The highest BCUT2D eigenvalue weighted by Gasteiger charge is 2.22. The third-order valence-corrected chi connectivity index (χ3v) is 7.08. The molecule has 5 nitrogen and oxygen atoms in total. The summed E-state index contributed by atoms with van der Waals surface area (Å²) in [7, 11) is 2.00. The minimum absolute atomic E-state index is 0.0244. The van der Waals surface area contributed by atoms with E-state index in [1.165, 1.54) is 11.3 Å². The van der Waals surface area contributed by atoms with Crippen molar-refractivity contribution in [2.75, 3.05) is 25.0 Å². The van der Waals surface area contributed by atoms with Gasteiger partial charge in [0.2, 0.25) is 0 Å². The third-order valence-electron chi connectivity index (χ3n) is 5.64. The van der Waals surface area contributed by atoms with E-state index in [1.807, 2.05) is 55.7 Å². The summed E-state index contributed by atoms with van der Waals surface area (Å²) in [4.78, 5) is 21.1. The van der Waals surface area contributed by atoms with Crippen LogP contribution in [-0.4, -0.2) is 35.7 Å². The molecule has 1 aliphatic rings. The molecule has 0 radical (unpaired) electrons. The van der Waals surface area contributed by atoms with Crippen molar-refractivity contribution in [1.29, 1.82) is 0 Å². The number of nitrogens with one attached hydrogen (secondary N) is 1. The van der Waals surface area contributed by atoms with E-state index in [1.54, 1.807) is 10.8 Å². The fourth-order valence-corrected chi connectivity index (χ4v) is 5.12. The van der Waals surface area contributed by atoms with Crippen LogP contribution in [0.1, 0.15) is 6.42 Å². The van der Waals surface area contributed by atoms with Crippen molar-refractivity contribution in [1.82, 2.24) is 14.9 Å². The second-order valence-corrected chi connectivity index (χ2v) is 8.98. The zero-order valence-corrected chi connectivity index (χ0v) is 18.1. The molecule has 1 N–H and O–H groups in total. The van der Waals surface area contributed by atoms with Gasteiger partial charge in [0, 0.05) is 40.6 Å². The molecule has 0 saturated carbocycles. The first-order chi connectivity index (χ1) is 14.6. The maximum Gasteiger partial charge on any atom is 0.273 e. The van der Waals surface area contributed by atoms with Gasteiger partial charge in [-0.3, -0.25) is 9.36 Å². The third kappa shape index (κ3) is 3.51. The fourth-order valence-electron chi connectivity index (χ4n) is 3.90. The Balaban J connectivity index is 1.46. The Kier molecular flexibility index (Phi) is 5.06. The second-order valence-electron chi connectivity index (χ2n) is 7.49. The number of hydrogen-bond donors (Lipinski definition) is 1. The van der Waals surface area contributed by atoms with Crippen LogP contribution >= 0.6 is 22.9 Å². The molecule has 7 heteroatoms. The molecule has 4 aromatic rings. The summed E-state index contributed by atoms with van der Waals surface area (Å²) in [6, 6.07) is 16.2. The van der Waals surface area contributed by atoms with Crippen LogP contribution in [0.25, 0.3) is 26.2 Å². The molecule has 1 aromatic carbocycles. The number of likely N-dealkylation sites (N-methyl/N-ethyl adjacent to an activating group) is 1. The summed E-state index contributed by atoms with van der Waals surface area (Å²) >= 11 is 7.50. The summed E-state index contributed by atoms with van der Waals surface area (Å²) in [5, 5.41) is 4.97. The molecule has 1 saturated heterocycles. The number of aromatic nitrogens is 2. The van der Waals surface area contributed by atoms with Crippen LogP contribution in [0.2, 0.25) is 5.02 Å². The van der Waals surface area contributed by atoms with E-state index in [9.17, 15) is 4.79 Å². The number of hydrogen-bond acceptors (Lipinski definition) is 5. The van der Waals surface area contributed by atoms with Gasteiger partial charge in [-0.05, 0) is 55.4 Å². The number of pyridine rings is 2. The van der Waals surface area contributed by atoms with Crippen LogP contribution < -0.4 is 15.8 Å². The summed E-state index contributed by atoms with van der Waals surface area (Å²) < 4.78 is 2.41. The number of thiophene rings is 1. The van der Waals surface area contributed by atoms with Gasteiger partial charge in [0.05, 0.1) is 11.9 Å². The predicted molar refractivity (Wildman–Crippen MR) is 125 cm³/mol. The molecule has 0 aliphatic carbocycles. The molecular formula is C23H21ClN4OS. The average Bonchev–Trinajstić information content (AvgIpc) is 3.42. The van der Waals surface area contributed by atoms with E-state index in [2.05, 4.69) is 21.3 Å². The molecule has 1 atom stereocenters. The van der Waals surface area contributed by atoms with Gasteiger partial charge in [0.15, 0.2) is 0 Å². The van der Waals surface area contributed by atoms with Gasteiger partial charge in [-0.1, -0.05) is 23.7 Å². The minimum atomic E-state index is -0.0244. The predicted octanol–water partition coefficient (Wildman–Crippen LogP) is 4.57. The van der Waals surface area contributed by atoms with Crippen molar-refractivity contribution in [2.45, 2.75) is 12.5 Å². The highest BCUT2D eigenvalue weighted by atomic mass is 35.5. The largest absolute Gasteiger partial charge is 0.355 e. The highest BCUT2D eigenvalue weighted by Crippen LogP contribution is 2.32. The molecule has 30 heavy (non-hydrogen) atoms. The first-order valence-corrected chi connectivity index (χ1v) is 11.1. The summed E-state index contributed by atoms with van der Waals surface area (Å²) in [5.41, 5.74) is 1.81. The lowest BCUT2D eigenvalue weighted by molar-refractivity contribution is 0.616. The van der Waals surface area contributed by atoms with E-state index >= 15 is 0 Å². The first kappa shape index (κ1) is 19.3. The van der Waals surface area contributed by atoms with Gasteiger partial charge in [-0.2, -0.15) is 0 Å². The van der Waals surface area contributed by atoms with E-state index < -0.39 is 0 Å². The normalized spacial score (nSPS) is 16.5. The van der Waals surface area contributed by atoms with Crippen molar-refractivity contribution in [3.05, 3.63) is 76.3 Å². The van der Waals surface area contributed by atoms with E-state index in [-0.39, 0.29) is 5.56 Å². The topological polar surface area (TPSA) is 50.2 Å². The second kappa shape index (κ2) is 7.87. The van der Waals surface area contributed by atoms with Crippen molar-refractivity contribution in [3.8, 4) is 16.1 Å². The Morgan fingerprint density at radius 3 is 2.70 bits per heavy atom. The van der Waals surface area contributed by atoms with E-state index in [0.29, 0.717) is 11.1 Å². The van der Waals surface area contributed by atoms with E-state index in [4.69, 9.17) is 11.6 Å². The molecule has 3 aromatic heterocycles. The lowest BCUT2D eigenvalue weighted by Crippen LogP contribution is -2.29. The zero-order chi connectivity index (χ0) is 20.7. The summed E-state index contributed by atoms with van der Waals surface area (Å²) in [6.07, 6.45) is 4.72. The Bertz CT molecular complexity index is 1250. The number of halogens is 1. The van der Waals surface area contributed by atoms with Crippen molar-refractivity contribution in [3.63, 3.8) is 0 Å². The molecule has 1 aliphatic heterocycles. The Morgan fingerprint density at radius 1 is 1.17 bits per heavy atom. The van der Waals surface area contributed by atoms with Gasteiger partial charge in [0.25, 0.3) is 5.56 Å². The molecule has 0 amide bonds. The molecule has 4 heterocycles. The summed E-state index contributed by atoms with van der Waals surface area (Å²) in [5.74, 6) is 0.951. The zero-order valence-electron chi connectivity index (χ0n) is 16.5. The van der Waals surface area contributed by atoms with Crippen LogP contribution in [0.4, 0.5) is 5.82 Å². The maximum atomic E-state index is 13.2. The van der Waals surface area contributed by atoms with Crippen molar-refractivity contribution in [2.24, 2.45) is 0 Å². The highest BCUT2D eigenvalue weighted by molar-refractivity contribution is 7.22. The van der Waals surface area contributed by atoms with Gasteiger partial charge in [0.1, 0.15) is 10.5 Å². The lowest BCUT2D eigenvalue weighted by Gasteiger charge is -2.17. The lowest BCUT2D eigenvalue weighted by atomic mass is 10.2. The van der Waals surface area contributed by atoms with Crippen LogP contribution in [0, 0.1) is 0 Å². The number of rotatable bonds is 4. The van der Waals surface area contributed by atoms with Crippen molar-refractivity contribution < 1.29 is 0 Å². The van der Waals surface area contributed by atoms with Crippen LogP contribution in [0.5, 0.6) is 0 Å². The average molecular weight is 437 g/mol. The SMILES string of the molecule is CNC1CCN(c2ccc(-n3ccc4cc(-c5ccc(Cl)cc5)sc4c3=O)cn2)C1. The first-order valence-electron chi connectivity index (χ1n) is 9.92. The Labute approximate surface area is 183 Å². The number of fused-ring (bicyclic) bond motifs is 1. The van der Waals surface area contributed by atoms with Gasteiger partial charge in [-0.25, -0.2) is 4.98 Å². The van der Waals surface area contributed by atoms with Gasteiger partial charge in [-0.15, -0.1) is 11.3 Å². The molecule has 1 fully saturated rings. The van der Waals surface area contributed by atoms with E-state index in [0.717, 1.165) is 51.5 Å². The molecular weight excluding hydrogens is 416 g/mol. The molecule has 0 spiro atoms. The van der Waals surface area contributed by atoms with Gasteiger partial charge >= 0.3 is 0 Å². The standard InChI is InChI=1S/C23H21ClN4OS/c1-25-18-9-10-27(14-18)21-7-6-19(13-26-21)28-11-8-16-12-20(30-22(16)23(28)29)15-2-4-17(24)5-3-15/h2-8,11-13,18,25H,9-10,14H2,1H3. The number of benzene rings is 1. The molecule has 1 unspecified atom stereocenters. The molecule has 152 valence electrons. The molecule has 0 bridgehead atoms. The maximum absolute atomic E-state index is 13.2. The smallest absolute Gasteiger partial charge is 0.273 e. The quantitative estimate of drug-likeness (QED) is 0.509. The van der Waals surface area contributed by atoms with Crippen LogP contribution in [-0.2, 0) is 0 Å². The van der Waals surface area contributed by atoms with Crippen molar-refractivity contribution >= 4 is 38.8 Å². The number of anilines is 1. The molecule has 5 rings (SSSR count). The number of nitrogens with zero attached hydrogens (tertiary/aromatic N) is 3.